The molecule has 4 rings (SSSR count). The van der Waals surface area contributed by atoms with Gasteiger partial charge >= 0.3 is 0 Å². The number of amides is 1. The Hall–Kier alpha value is -2.80. The molecule has 0 saturated carbocycles. The maximum absolute atomic E-state index is 13.1. The number of carbonyl (C=O) groups is 1. The zero-order valence-corrected chi connectivity index (χ0v) is 16.0. The molecule has 4 heteroatoms. The Morgan fingerprint density at radius 3 is 2.48 bits per heavy atom. The number of nitriles is 1. The van der Waals surface area contributed by atoms with Gasteiger partial charge in [0.05, 0.1) is 17.0 Å². The number of hydrogen-bond acceptors (Lipinski definition) is 3. The molecule has 2 heterocycles. The van der Waals surface area contributed by atoms with E-state index in [9.17, 15) is 10.1 Å². The lowest BCUT2D eigenvalue weighted by Crippen LogP contribution is -2.42. The van der Waals surface area contributed by atoms with Crippen LogP contribution in [0.2, 0.25) is 0 Å². The summed E-state index contributed by atoms with van der Waals surface area (Å²) in [5.41, 5.74) is 3.33. The topological polar surface area (TPSA) is 47.3 Å². The Labute approximate surface area is 161 Å². The molecule has 1 amide bonds. The number of nitrogens with zero attached hydrogens (tertiary/aromatic N) is 3. The third kappa shape index (κ3) is 3.08. The Morgan fingerprint density at radius 1 is 1.11 bits per heavy atom. The van der Waals surface area contributed by atoms with Crippen LogP contribution in [0.3, 0.4) is 0 Å². The van der Waals surface area contributed by atoms with E-state index >= 15 is 0 Å². The van der Waals surface area contributed by atoms with Gasteiger partial charge in [0.2, 0.25) is 5.91 Å². The van der Waals surface area contributed by atoms with Gasteiger partial charge < -0.3 is 9.80 Å². The SMILES string of the molecule is CC1(C)C(=O)N(CC2CCN(c3ccccc3)CC2)c2cc(C#N)ccc21. The van der Waals surface area contributed by atoms with Crippen LogP contribution in [0.5, 0.6) is 0 Å². The minimum Gasteiger partial charge on any atom is -0.372 e. The highest BCUT2D eigenvalue weighted by Gasteiger charge is 2.44. The molecule has 1 saturated heterocycles. The van der Waals surface area contributed by atoms with E-state index in [1.54, 1.807) is 0 Å². The molecule has 4 nitrogen and oxygen atoms in total. The summed E-state index contributed by atoms with van der Waals surface area (Å²) in [6, 6.07) is 18.4. The minimum atomic E-state index is -0.520. The van der Waals surface area contributed by atoms with E-state index in [2.05, 4.69) is 35.2 Å². The predicted octanol–water partition coefficient (Wildman–Crippen LogP) is 4.10. The summed E-state index contributed by atoms with van der Waals surface area (Å²) < 4.78 is 0. The second-order valence-corrected chi connectivity index (χ2v) is 8.15. The van der Waals surface area contributed by atoms with E-state index in [1.165, 1.54) is 5.69 Å². The van der Waals surface area contributed by atoms with Crippen molar-refractivity contribution in [3.05, 3.63) is 59.7 Å². The van der Waals surface area contributed by atoms with Gasteiger partial charge in [0.1, 0.15) is 0 Å². The van der Waals surface area contributed by atoms with Crippen LogP contribution in [0.4, 0.5) is 11.4 Å². The quantitative estimate of drug-likeness (QED) is 0.829. The fourth-order valence-electron chi connectivity index (χ4n) is 4.37. The second-order valence-electron chi connectivity index (χ2n) is 8.15. The lowest BCUT2D eigenvalue weighted by Gasteiger charge is -2.35. The third-order valence-electron chi connectivity index (χ3n) is 6.05. The first-order chi connectivity index (χ1) is 13.0. The highest BCUT2D eigenvalue weighted by molar-refractivity contribution is 6.07. The van der Waals surface area contributed by atoms with Crippen LogP contribution in [0, 0.1) is 17.2 Å². The van der Waals surface area contributed by atoms with Gasteiger partial charge in [-0.05, 0) is 62.4 Å². The number of para-hydroxylation sites is 1. The number of benzene rings is 2. The average Bonchev–Trinajstić information content (AvgIpc) is 2.89. The molecule has 138 valence electrons. The fraction of sp³-hybridized carbons (Fsp3) is 0.391. The highest BCUT2D eigenvalue weighted by atomic mass is 16.2. The Morgan fingerprint density at radius 2 is 1.81 bits per heavy atom. The molecule has 27 heavy (non-hydrogen) atoms. The smallest absolute Gasteiger partial charge is 0.237 e. The van der Waals surface area contributed by atoms with Gasteiger partial charge in [0.25, 0.3) is 0 Å². The van der Waals surface area contributed by atoms with Gasteiger partial charge in [0.15, 0.2) is 0 Å². The molecular formula is C23H25N3O. The number of rotatable bonds is 3. The van der Waals surface area contributed by atoms with Crippen LogP contribution in [0.15, 0.2) is 48.5 Å². The number of hydrogen-bond donors (Lipinski definition) is 0. The molecule has 0 radical (unpaired) electrons. The normalized spacial score (nSPS) is 19.1. The van der Waals surface area contributed by atoms with E-state index in [-0.39, 0.29) is 5.91 Å². The molecular weight excluding hydrogens is 334 g/mol. The van der Waals surface area contributed by atoms with Crippen LogP contribution >= 0.6 is 0 Å². The molecule has 0 N–H and O–H groups in total. The lowest BCUT2D eigenvalue weighted by atomic mass is 9.86. The predicted molar refractivity (Wildman–Crippen MR) is 108 cm³/mol. The van der Waals surface area contributed by atoms with Gasteiger partial charge in [-0.2, -0.15) is 5.26 Å². The summed E-state index contributed by atoms with van der Waals surface area (Å²) in [5, 5.41) is 9.25. The summed E-state index contributed by atoms with van der Waals surface area (Å²) in [4.78, 5) is 17.4. The molecule has 2 aliphatic heterocycles. The maximum atomic E-state index is 13.1. The number of anilines is 2. The molecule has 2 aromatic carbocycles. The number of piperidine rings is 1. The molecule has 0 spiro atoms. The molecule has 1 fully saturated rings. The summed E-state index contributed by atoms with van der Waals surface area (Å²) in [7, 11) is 0. The molecule has 0 aliphatic carbocycles. The Kier molecular flexibility index (Phi) is 4.39. The monoisotopic (exact) mass is 359 g/mol. The zero-order chi connectivity index (χ0) is 19.0. The van der Waals surface area contributed by atoms with Crippen LogP contribution in [0.1, 0.15) is 37.8 Å². The van der Waals surface area contributed by atoms with Gasteiger partial charge in [0, 0.05) is 31.0 Å². The molecule has 0 bridgehead atoms. The fourth-order valence-corrected chi connectivity index (χ4v) is 4.37. The first kappa shape index (κ1) is 17.6. The van der Waals surface area contributed by atoms with Crippen molar-refractivity contribution in [3.8, 4) is 6.07 Å². The van der Waals surface area contributed by atoms with Gasteiger partial charge in [-0.25, -0.2) is 0 Å². The maximum Gasteiger partial charge on any atom is 0.237 e. The summed E-state index contributed by atoms with van der Waals surface area (Å²) in [6.45, 7) is 6.75. The van der Waals surface area contributed by atoms with Crippen molar-refractivity contribution in [2.75, 3.05) is 29.4 Å². The standard InChI is InChI=1S/C23H25N3O/c1-23(2)20-9-8-18(15-24)14-21(20)26(22(23)27)16-17-10-12-25(13-11-17)19-6-4-3-5-7-19/h3-9,14,17H,10-13,16H2,1-2H3. The average molecular weight is 359 g/mol. The minimum absolute atomic E-state index is 0.151. The second kappa shape index (κ2) is 6.74. The van der Waals surface area contributed by atoms with Gasteiger partial charge in [-0.15, -0.1) is 0 Å². The first-order valence-electron chi connectivity index (χ1n) is 9.67. The largest absolute Gasteiger partial charge is 0.372 e. The van der Waals surface area contributed by atoms with Crippen LogP contribution in [-0.4, -0.2) is 25.5 Å². The summed E-state index contributed by atoms with van der Waals surface area (Å²) in [6.07, 6.45) is 2.15. The summed E-state index contributed by atoms with van der Waals surface area (Å²) >= 11 is 0. The van der Waals surface area contributed by atoms with Crippen molar-refractivity contribution in [1.82, 2.24) is 0 Å². The van der Waals surface area contributed by atoms with E-state index < -0.39 is 5.41 Å². The van der Waals surface area contributed by atoms with E-state index in [0.29, 0.717) is 11.5 Å². The van der Waals surface area contributed by atoms with Crippen molar-refractivity contribution in [1.29, 1.82) is 5.26 Å². The molecule has 2 aliphatic rings. The van der Waals surface area contributed by atoms with E-state index in [4.69, 9.17) is 0 Å². The van der Waals surface area contributed by atoms with Crippen molar-refractivity contribution in [2.45, 2.75) is 32.1 Å². The van der Waals surface area contributed by atoms with Crippen LogP contribution in [-0.2, 0) is 10.2 Å². The van der Waals surface area contributed by atoms with Gasteiger partial charge in [-0.3, -0.25) is 4.79 Å². The summed E-state index contributed by atoms with van der Waals surface area (Å²) in [5.74, 6) is 0.638. The van der Waals surface area contributed by atoms with Crippen molar-refractivity contribution in [2.24, 2.45) is 5.92 Å². The lowest BCUT2D eigenvalue weighted by molar-refractivity contribution is -0.122. The third-order valence-corrected chi connectivity index (χ3v) is 6.05. The Bertz CT molecular complexity index is 890. The number of carbonyl (C=O) groups excluding carboxylic acids is 1. The molecule has 0 atom stereocenters. The van der Waals surface area contributed by atoms with Crippen molar-refractivity contribution >= 4 is 17.3 Å². The van der Waals surface area contributed by atoms with Gasteiger partial charge in [-0.1, -0.05) is 24.3 Å². The zero-order valence-electron chi connectivity index (χ0n) is 16.0. The molecule has 0 unspecified atom stereocenters. The van der Waals surface area contributed by atoms with E-state index in [0.717, 1.165) is 43.7 Å². The molecule has 2 aromatic rings. The Balaban J connectivity index is 1.49. The van der Waals surface area contributed by atoms with Crippen LogP contribution in [0.25, 0.3) is 0 Å². The van der Waals surface area contributed by atoms with E-state index in [1.807, 2.05) is 43.0 Å². The molecule has 0 aromatic heterocycles. The van der Waals surface area contributed by atoms with Crippen molar-refractivity contribution in [3.63, 3.8) is 0 Å². The first-order valence-corrected chi connectivity index (χ1v) is 9.67. The van der Waals surface area contributed by atoms with Crippen molar-refractivity contribution < 1.29 is 4.79 Å². The highest BCUT2D eigenvalue weighted by Crippen LogP contribution is 2.42. The number of fused-ring (bicyclic) bond motifs is 1. The van der Waals surface area contributed by atoms with Crippen LogP contribution < -0.4 is 9.80 Å².